The minimum atomic E-state index is -1.43. The molecule has 0 rings (SSSR count). The van der Waals surface area contributed by atoms with Crippen LogP contribution in [0, 0.1) is 0 Å². The van der Waals surface area contributed by atoms with E-state index in [1.807, 2.05) is 0 Å². The summed E-state index contributed by atoms with van der Waals surface area (Å²) in [6.45, 7) is 4.92. The molecule has 12 heteroatoms. The first kappa shape index (κ1) is 19.1. The van der Waals surface area contributed by atoms with Gasteiger partial charge in [0.1, 0.15) is 21.0 Å². The van der Waals surface area contributed by atoms with E-state index in [0.29, 0.717) is 58.0 Å². The summed E-state index contributed by atoms with van der Waals surface area (Å²) in [6, 6.07) is 0. The van der Waals surface area contributed by atoms with Gasteiger partial charge in [-0.1, -0.05) is 6.58 Å². The van der Waals surface area contributed by atoms with E-state index in [0.717, 1.165) is 0 Å². The Labute approximate surface area is 128 Å². The number of carbonyl (C=O) groups excluding carboxylic acids is 1. The van der Waals surface area contributed by atoms with Crippen molar-refractivity contribution in [2.24, 2.45) is 0 Å². The van der Waals surface area contributed by atoms with Gasteiger partial charge in [-0.25, -0.2) is 4.79 Å². The molecule has 112 valence electrons. The molecule has 0 radical (unpaired) electrons. The minimum absolute atomic E-state index is 0.168. The number of carbonyl (C=O) groups is 1. The quantitative estimate of drug-likeness (QED) is 0.176. The summed E-state index contributed by atoms with van der Waals surface area (Å²) < 4.78 is 32.4. The second kappa shape index (κ2) is 8.40. The summed E-state index contributed by atoms with van der Waals surface area (Å²) in [4.78, 5) is 11.5. The highest BCUT2D eigenvalue weighted by atomic mass is 28.2. The molecule has 0 unspecified atom stereocenters. The van der Waals surface area contributed by atoms with Gasteiger partial charge in [-0.05, 0) is 6.92 Å². The van der Waals surface area contributed by atoms with Crippen LogP contribution in [-0.4, -0.2) is 76.8 Å². The number of hydrogen-bond donors (Lipinski definition) is 0. The smallest absolute Gasteiger partial charge is 0.333 e. The third-order valence-electron chi connectivity index (χ3n) is 2.67. The number of hydrogen-bond acceptors (Lipinski definition) is 7. The van der Waals surface area contributed by atoms with Gasteiger partial charge in [0.15, 0.2) is 38.1 Å². The number of ether oxygens (including phenoxy) is 1. The van der Waals surface area contributed by atoms with Crippen molar-refractivity contribution in [1.82, 2.24) is 0 Å². The molecule has 0 aromatic rings. The molecule has 0 saturated carbocycles. The van der Waals surface area contributed by atoms with Crippen LogP contribution in [0.3, 0.4) is 0 Å². The van der Waals surface area contributed by atoms with Crippen LogP contribution in [0.25, 0.3) is 0 Å². The van der Waals surface area contributed by atoms with Crippen molar-refractivity contribution in [3.63, 3.8) is 0 Å². The molecule has 0 heterocycles. The largest absolute Gasteiger partial charge is 0.456 e. The zero-order chi connectivity index (χ0) is 15.1. The van der Waals surface area contributed by atoms with E-state index in [1.165, 1.54) is 0 Å². The normalized spacial score (nSPS) is 18.2. The van der Waals surface area contributed by atoms with Gasteiger partial charge in [-0.15, -0.1) is 0 Å². The SMILES string of the molecule is C=C(C)C(=O)OCC(O[SiH3])(O[SiH3])C(O[SiH3])(O[SiH3])O[SiH3]. The van der Waals surface area contributed by atoms with Gasteiger partial charge >= 0.3 is 11.9 Å². The van der Waals surface area contributed by atoms with Crippen LogP contribution < -0.4 is 0 Å². The monoisotopic (exact) mass is 358 g/mol. The van der Waals surface area contributed by atoms with Crippen molar-refractivity contribution in [1.29, 1.82) is 0 Å². The van der Waals surface area contributed by atoms with Crippen molar-refractivity contribution in [2.75, 3.05) is 6.61 Å². The molecule has 0 aliphatic heterocycles. The second-order valence-electron chi connectivity index (χ2n) is 3.69. The van der Waals surface area contributed by atoms with Crippen molar-refractivity contribution >= 4 is 58.4 Å². The van der Waals surface area contributed by atoms with E-state index in [-0.39, 0.29) is 6.61 Å². The predicted molar refractivity (Wildman–Crippen MR) is 86.4 cm³/mol. The summed E-state index contributed by atoms with van der Waals surface area (Å²) in [5, 5.41) is 0. The number of esters is 1. The Bertz CT molecular complexity index is 309. The van der Waals surface area contributed by atoms with Crippen molar-refractivity contribution in [3.8, 4) is 0 Å². The number of rotatable bonds is 9. The van der Waals surface area contributed by atoms with Gasteiger partial charge in [0, 0.05) is 5.57 Å². The average Bonchev–Trinajstić information content (AvgIpc) is 2.43. The molecule has 0 aliphatic rings. The molecule has 0 bridgehead atoms. The first-order valence-corrected chi connectivity index (χ1v) is 9.55. The lowest BCUT2D eigenvalue weighted by Gasteiger charge is -2.45. The standard InChI is InChI=1S/C7H22O7Si5/c1-4(2)5(8)9-3-6(10-15,11-16)7(12-17,13-18)14-19/h1,3H2,2,15-19H3. The van der Waals surface area contributed by atoms with Crippen molar-refractivity contribution in [3.05, 3.63) is 12.2 Å². The van der Waals surface area contributed by atoms with E-state index in [1.54, 1.807) is 6.92 Å². The Kier molecular flexibility index (Phi) is 8.44. The first-order valence-electron chi connectivity index (χ1n) is 5.47. The molecule has 0 aliphatic carbocycles. The summed E-state index contributed by atoms with van der Waals surface area (Å²) in [6.07, 6.45) is 0. The van der Waals surface area contributed by atoms with Crippen molar-refractivity contribution < 1.29 is 31.7 Å². The molecular weight excluding hydrogens is 337 g/mol. The van der Waals surface area contributed by atoms with Crippen LogP contribution in [0.15, 0.2) is 12.2 Å². The maximum absolute atomic E-state index is 11.5. The summed E-state index contributed by atoms with van der Waals surface area (Å²) in [7, 11) is 1.78. The third-order valence-corrected chi connectivity index (χ3v) is 5.61. The lowest BCUT2D eigenvalue weighted by atomic mass is 10.2. The molecule has 0 atom stereocenters. The zero-order valence-electron chi connectivity index (χ0n) is 12.3. The predicted octanol–water partition coefficient (Wildman–Crippen LogP) is -6.06. The minimum Gasteiger partial charge on any atom is -0.456 e. The van der Waals surface area contributed by atoms with Gasteiger partial charge in [-0.2, -0.15) is 0 Å². The molecule has 0 aromatic carbocycles. The lowest BCUT2D eigenvalue weighted by molar-refractivity contribution is -0.394. The Morgan fingerprint density at radius 2 is 1.42 bits per heavy atom. The summed E-state index contributed by atoms with van der Waals surface area (Å²) >= 11 is 0. The first-order chi connectivity index (χ1) is 8.88. The van der Waals surface area contributed by atoms with E-state index >= 15 is 0 Å². The fourth-order valence-corrected chi connectivity index (χ4v) is 5.88. The zero-order valence-corrected chi connectivity index (χ0v) is 22.3. The summed E-state index contributed by atoms with van der Waals surface area (Å²) in [5.41, 5.74) is 0.298. The Hall–Kier alpha value is 0.0944. The molecule has 7 nitrogen and oxygen atoms in total. The lowest BCUT2D eigenvalue weighted by Crippen LogP contribution is -2.64. The van der Waals surface area contributed by atoms with Gasteiger partial charge in [0.25, 0.3) is 5.79 Å². The van der Waals surface area contributed by atoms with Crippen LogP contribution in [0.4, 0.5) is 0 Å². The third kappa shape index (κ3) is 4.03. The van der Waals surface area contributed by atoms with Crippen molar-refractivity contribution in [2.45, 2.75) is 18.7 Å². The van der Waals surface area contributed by atoms with E-state index in [9.17, 15) is 4.79 Å². The Balaban J connectivity index is 5.23. The molecule has 0 aromatic heterocycles. The molecule has 0 fully saturated rings. The van der Waals surface area contributed by atoms with Gasteiger partial charge < -0.3 is 26.9 Å². The highest BCUT2D eigenvalue weighted by Gasteiger charge is 2.55. The Morgan fingerprint density at radius 1 is 1.00 bits per heavy atom. The fourth-order valence-electron chi connectivity index (χ4n) is 1.54. The summed E-state index contributed by atoms with van der Waals surface area (Å²) in [5.74, 6) is -3.32. The highest BCUT2D eigenvalue weighted by molar-refractivity contribution is 6.03. The van der Waals surface area contributed by atoms with Crippen LogP contribution in [0.2, 0.25) is 0 Å². The van der Waals surface area contributed by atoms with Crippen LogP contribution in [0.5, 0.6) is 0 Å². The molecule has 0 spiro atoms. The molecule has 19 heavy (non-hydrogen) atoms. The molecule has 0 amide bonds. The van der Waals surface area contributed by atoms with Gasteiger partial charge in [-0.3, -0.25) is 0 Å². The molecule has 0 saturated heterocycles. The molecule has 0 N–H and O–H groups in total. The Morgan fingerprint density at radius 3 is 1.68 bits per heavy atom. The van der Waals surface area contributed by atoms with Crippen LogP contribution in [-0.2, 0) is 31.7 Å². The maximum Gasteiger partial charge on any atom is 0.333 e. The fraction of sp³-hybridized carbons (Fsp3) is 0.571. The average molecular weight is 359 g/mol. The van der Waals surface area contributed by atoms with Crippen LogP contribution in [0.1, 0.15) is 6.92 Å². The highest BCUT2D eigenvalue weighted by Crippen LogP contribution is 2.31. The van der Waals surface area contributed by atoms with E-state index in [4.69, 9.17) is 26.9 Å². The van der Waals surface area contributed by atoms with E-state index < -0.39 is 17.7 Å². The second-order valence-corrected chi connectivity index (χ2v) is 5.73. The molecular formula is C7H22O7Si5. The van der Waals surface area contributed by atoms with Gasteiger partial charge in [0.05, 0.1) is 0 Å². The van der Waals surface area contributed by atoms with E-state index in [2.05, 4.69) is 6.58 Å². The van der Waals surface area contributed by atoms with Gasteiger partial charge in [0.2, 0.25) is 0 Å². The van der Waals surface area contributed by atoms with Crippen LogP contribution >= 0.6 is 0 Å². The topological polar surface area (TPSA) is 72.5 Å². The maximum atomic E-state index is 11.5.